The molecule has 0 radical (unpaired) electrons. The van der Waals surface area contributed by atoms with Gasteiger partial charge in [-0.25, -0.2) is 9.37 Å². The number of aromatic hydroxyl groups is 1. The van der Waals surface area contributed by atoms with E-state index in [0.717, 1.165) is 4.90 Å². The van der Waals surface area contributed by atoms with Gasteiger partial charge >= 0.3 is 11.8 Å². The summed E-state index contributed by atoms with van der Waals surface area (Å²) in [5.41, 5.74) is -1.95. The van der Waals surface area contributed by atoms with Gasteiger partial charge < -0.3 is 25.6 Å². The molecule has 1 fully saturated rings. The van der Waals surface area contributed by atoms with Crippen molar-refractivity contribution < 1.29 is 23.9 Å². The lowest BCUT2D eigenvalue weighted by atomic mass is 9.68. The van der Waals surface area contributed by atoms with E-state index in [1.54, 1.807) is 13.0 Å². The van der Waals surface area contributed by atoms with Crippen molar-refractivity contribution in [3.63, 3.8) is 0 Å². The van der Waals surface area contributed by atoms with Crippen molar-refractivity contribution in [2.24, 2.45) is 10.4 Å². The van der Waals surface area contributed by atoms with E-state index in [4.69, 9.17) is 0 Å². The lowest BCUT2D eigenvalue weighted by molar-refractivity contribution is -0.145. The van der Waals surface area contributed by atoms with Gasteiger partial charge in [0.1, 0.15) is 11.6 Å². The van der Waals surface area contributed by atoms with E-state index in [2.05, 4.69) is 27.3 Å². The Kier molecular flexibility index (Phi) is 7.09. The summed E-state index contributed by atoms with van der Waals surface area (Å²) >= 11 is 0. The number of nitrogens with zero attached hydrogens (tertiary/aromatic N) is 4. The molecule has 3 N–H and O–H groups in total. The fourth-order valence-electron chi connectivity index (χ4n) is 5.32. The first kappa shape index (κ1) is 27.0. The monoisotopic (exact) mass is 526 g/mol. The van der Waals surface area contributed by atoms with E-state index in [1.165, 1.54) is 30.8 Å². The zero-order chi connectivity index (χ0) is 27.8. The van der Waals surface area contributed by atoms with Crippen molar-refractivity contribution in [1.82, 2.24) is 25.1 Å². The molecular formula is C26H31FN6O5. The minimum Gasteiger partial charge on any atom is -0.501 e. The summed E-state index contributed by atoms with van der Waals surface area (Å²) < 4.78 is 14.9. The van der Waals surface area contributed by atoms with Gasteiger partial charge in [-0.3, -0.25) is 23.7 Å². The van der Waals surface area contributed by atoms with E-state index in [1.807, 2.05) is 0 Å². The van der Waals surface area contributed by atoms with E-state index in [9.17, 15) is 28.7 Å². The molecule has 2 aromatic rings. The van der Waals surface area contributed by atoms with Gasteiger partial charge in [0, 0.05) is 39.1 Å². The molecule has 12 heteroatoms. The third-order valence-electron chi connectivity index (χ3n) is 7.52. The van der Waals surface area contributed by atoms with Gasteiger partial charge in [-0.1, -0.05) is 12.1 Å². The van der Waals surface area contributed by atoms with Crippen LogP contribution in [-0.2, 0) is 28.2 Å². The fraction of sp³-hybridized carbons (Fsp3) is 0.462. The number of fused-ring (bicyclic) bond motifs is 2. The molecule has 1 aliphatic carbocycles. The SMILES string of the molecule is C=NCC12CCC(NC(=O)C(=O)N(C)C)(CC1)c1nc(C(=O)NCc3ccc(F)c(C)c3)c(O)c(=O)n1C2. The quantitative estimate of drug-likeness (QED) is 0.378. The molecule has 0 spiro atoms. The van der Waals surface area contributed by atoms with E-state index in [-0.39, 0.29) is 24.7 Å². The number of benzene rings is 1. The van der Waals surface area contributed by atoms with Crippen LogP contribution in [-0.4, -0.2) is 64.6 Å². The molecule has 1 saturated carbocycles. The summed E-state index contributed by atoms with van der Waals surface area (Å²) in [7, 11) is 2.90. The Morgan fingerprint density at radius 2 is 1.92 bits per heavy atom. The summed E-state index contributed by atoms with van der Waals surface area (Å²) in [6.45, 7) is 5.72. The topological polar surface area (TPSA) is 146 Å². The van der Waals surface area contributed by atoms with Crippen LogP contribution in [0, 0.1) is 18.2 Å². The first-order valence-electron chi connectivity index (χ1n) is 12.3. The highest BCUT2D eigenvalue weighted by molar-refractivity contribution is 6.35. The summed E-state index contributed by atoms with van der Waals surface area (Å²) in [5, 5.41) is 16.1. The van der Waals surface area contributed by atoms with Gasteiger partial charge in [-0.15, -0.1) is 0 Å². The second kappa shape index (κ2) is 9.99. The van der Waals surface area contributed by atoms with Crippen molar-refractivity contribution in [3.05, 3.63) is 57.0 Å². The second-order valence-electron chi connectivity index (χ2n) is 10.4. The standard InChI is InChI=1S/C26H31FN6O5/c1-15-11-16(5-6-17(15)27)12-29-20(35)18-19(34)22(37)33-14-25(13-28-2)7-9-26(10-8-25,24(33)30-18)31-21(36)23(38)32(3)4/h5-6,11,34H,2,7-10,12-14H2,1,3-4H3,(H,29,35)(H,31,36). The van der Waals surface area contributed by atoms with Crippen LogP contribution in [0.25, 0.3) is 0 Å². The third kappa shape index (κ3) is 4.77. The molecule has 3 heterocycles. The Labute approximate surface area is 218 Å². The highest BCUT2D eigenvalue weighted by Crippen LogP contribution is 2.49. The van der Waals surface area contributed by atoms with Crippen LogP contribution in [0.2, 0.25) is 0 Å². The van der Waals surface area contributed by atoms with Crippen molar-refractivity contribution in [3.8, 4) is 5.75 Å². The average Bonchev–Trinajstić information content (AvgIpc) is 3.09. The maximum absolute atomic E-state index is 13.6. The zero-order valence-corrected chi connectivity index (χ0v) is 21.6. The number of aryl methyl sites for hydroxylation is 1. The van der Waals surface area contributed by atoms with Crippen molar-refractivity contribution >= 4 is 24.4 Å². The van der Waals surface area contributed by atoms with Gasteiger partial charge in [0.2, 0.25) is 5.75 Å². The number of aliphatic imine (C=N–C) groups is 1. The highest BCUT2D eigenvalue weighted by atomic mass is 19.1. The second-order valence-corrected chi connectivity index (χ2v) is 10.4. The zero-order valence-electron chi connectivity index (χ0n) is 21.6. The first-order valence-corrected chi connectivity index (χ1v) is 12.3. The number of carbonyl (C=O) groups is 3. The number of aromatic nitrogens is 2. The summed E-state index contributed by atoms with van der Waals surface area (Å²) in [4.78, 5) is 61.3. The summed E-state index contributed by atoms with van der Waals surface area (Å²) in [6.07, 6.45) is 1.80. The Bertz CT molecular complexity index is 1380. The molecule has 3 amide bonds. The molecule has 3 aliphatic rings. The molecule has 0 atom stereocenters. The van der Waals surface area contributed by atoms with Crippen LogP contribution in [0.15, 0.2) is 28.0 Å². The maximum atomic E-state index is 13.6. The van der Waals surface area contributed by atoms with Gasteiger partial charge in [0.05, 0.1) is 5.54 Å². The Morgan fingerprint density at radius 1 is 1.24 bits per heavy atom. The van der Waals surface area contributed by atoms with Crippen LogP contribution in [0.1, 0.15) is 53.1 Å². The largest absolute Gasteiger partial charge is 0.501 e. The Morgan fingerprint density at radius 3 is 2.53 bits per heavy atom. The van der Waals surface area contributed by atoms with E-state index in [0.29, 0.717) is 43.4 Å². The first-order chi connectivity index (χ1) is 17.9. The smallest absolute Gasteiger partial charge is 0.311 e. The van der Waals surface area contributed by atoms with Crippen molar-refractivity contribution in [2.75, 3.05) is 20.6 Å². The maximum Gasteiger partial charge on any atom is 0.311 e. The van der Waals surface area contributed by atoms with Gasteiger partial charge in [0.25, 0.3) is 11.5 Å². The number of amides is 3. The van der Waals surface area contributed by atoms with Crippen LogP contribution in [0.4, 0.5) is 4.39 Å². The highest BCUT2D eigenvalue weighted by Gasteiger charge is 2.52. The molecular weight excluding hydrogens is 495 g/mol. The van der Waals surface area contributed by atoms with Gasteiger partial charge in [-0.2, -0.15) is 0 Å². The molecule has 1 aromatic carbocycles. The van der Waals surface area contributed by atoms with Gasteiger partial charge in [0.15, 0.2) is 5.69 Å². The number of hydrogen-bond acceptors (Lipinski definition) is 7. The van der Waals surface area contributed by atoms with Crippen LogP contribution in [0.3, 0.4) is 0 Å². The van der Waals surface area contributed by atoms with Crippen molar-refractivity contribution in [1.29, 1.82) is 0 Å². The molecule has 5 rings (SSSR count). The number of nitrogens with one attached hydrogen (secondary N) is 2. The number of likely N-dealkylation sites (N-methyl/N-ethyl adjacent to an activating group) is 1. The molecule has 2 bridgehead atoms. The average molecular weight is 527 g/mol. The fourth-order valence-corrected chi connectivity index (χ4v) is 5.32. The Balaban J connectivity index is 1.75. The normalized spacial score (nSPS) is 21.7. The van der Waals surface area contributed by atoms with Crippen LogP contribution < -0.4 is 16.2 Å². The lowest BCUT2D eigenvalue weighted by Gasteiger charge is -2.41. The third-order valence-corrected chi connectivity index (χ3v) is 7.52. The van der Waals surface area contributed by atoms with Gasteiger partial charge in [-0.05, 0) is 56.5 Å². The van der Waals surface area contributed by atoms with Crippen molar-refractivity contribution in [2.45, 2.75) is 51.2 Å². The minimum absolute atomic E-state index is 0.00677. The predicted molar refractivity (Wildman–Crippen MR) is 136 cm³/mol. The molecule has 0 unspecified atom stereocenters. The summed E-state index contributed by atoms with van der Waals surface area (Å²) in [5.74, 6) is -3.54. The summed E-state index contributed by atoms with van der Waals surface area (Å²) in [6, 6.07) is 4.37. The number of carbonyl (C=O) groups excluding carboxylic acids is 3. The molecule has 1 aromatic heterocycles. The van der Waals surface area contributed by atoms with Crippen LogP contribution >= 0.6 is 0 Å². The number of hydrogen-bond donors (Lipinski definition) is 3. The Hall–Kier alpha value is -4.09. The molecule has 11 nitrogen and oxygen atoms in total. The number of rotatable bonds is 6. The minimum atomic E-state index is -1.21. The van der Waals surface area contributed by atoms with Crippen LogP contribution in [0.5, 0.6) is 5.75 Å². The number of halogens is 1. The lowest BCUT2D eigenvalue weighted by Crippen LogP contribution is -2.54. The molecule has 0 saturated heterocycles. The van der Waals surface area contributed by atoms with E-state index < -0.39 is 45.7 Å². The predicted octanol–water partition coefficient (Wildman–Crippen LogP) is 1.00. The molecule has 2 aliphatic heterocycles. The molecule has 202 valence electrons. The molecule has 38 heavy (non-hydrogen) atoms. The van der Waals surface area contributed by atoms with E-state index >= 15 is 0 Å².